The summed E-state index contributed by atoms with van der Waals surface area (Å²) in [7, 11) is 0. The zero-order chi connectivity index (χ0) is 13.6. The summed E-state index contributed by atoms with van der Waals surface area (Å²) in [4.78, 5) is 25.6. The largest absolute Gasteiger partial charge is 0.334 e. The Balaban J connectivity index is 1.98. The maximum atomic E-state index is 12.4. The number of fused-ring (bicyclic) bond motifs is 1. The van der Waals surface area contributed by atoms with Gasteiger partial charge in [-0.1, -0.05) is 29.6 Å². The number of anilines is 1. The number of amides is 3. The van der Waals surface area contributed by atoms with Gasteiger partial charge >= 0.3 is 6.03 Å². The summed E-state index contributed by atoms with van der Waals surface area (Å²) in [5.41, 5.74) is 0.422. The molecule has 1 N–H and O–H groups in total. The van der Waals surface area contributed by atoms with E-state index in [0.29, 0.717) is 15.7 Å². The SMILES string of the molecule is O=C1NC2CCCC2C(=O)N1c1cc(Cl)cc(Cl)c1. The first kappa shape index (κ1) is 12.8. The van der Waals surface area contributed by atoms with Crippen molar-refractivity contribution in [3.05, 3.63) is 28.2 Å². The van der Waals surface area contributed by atoms with Crippen LogP contribution in [0.1, 0.15) is 19.3 Å². The van der Waals surface area contributed by atoms with E-state index in [1.807, 2.05) is 0 Å². The third-order valence-corrected chi connectivity index (χ3v) is 4.11. The van der Waals surface area contributed by atoms with Crippen molar-refractivity contribution in [2.75, 3.05) is 4.90 Å². The lowest BCUT2D eigenvalue weighted by Gasteiger charge is -2.34. The molecule has 1 saturated carbocycles. The summed E-state index contributed by atoms with van der Waals surface area (Å²) in [6, 6.07) is 4.29. The van der Waals surface area contributed by atoms with Crippen LogP contribution < -0.4 is 10.2 Å². The van der Waals surface area contributed by atoms with E-state index in [0.717, 1.165) is 24.2 Å². The highest BCUT2D eigenvalue weighted by molar-refractivity contribution is 6.35. The van der Waals surface area contributed by atoms with E-state index in [4.69, 9.17) is 23.2 Å². The van der Waals surface area contributed by atoms with Gasteiger partial charge in [0, 0.05) is 16.1 Å². The van der Waals surface area contributed by atoms with Crippen LogP contribution in [0.3, 0.4) is 0 Å². The van der Waals surface area contributed by atoms with E-state index >= 15 is 0 Å². The van der Waals surface area contributed by atoms with Gasteiger partial charge in [0.15, 0.2) is 0 Å². The number of imide groups is 1. The van der Waals surface area contributed by atoms with Crippen LogP contribution in [0, 0.1) is 5.92 Å². The molecule has 4 nitrogen and oxygen atoms in total. The second kappa shape index (κ2) is 4.69. The predicted molar refractivity (Wildman–Crippen MR) is 73.6 cm³/mol. The van der Waals surface area contributed by atoms with Gasteiger partial charge in [-0.2, -0.15) is 0 Å². The van der Waals surface area contributed by atoms with Gasteiger partial charge in [-0.3, -0.25) is 4.79 Å². The van der Waals surface area contributed by atoms with Gasteiger partial charge in [-0.15, -0.1) is 0 Å². The minimum atomic E-state index is -0.397. The lowest BCUT2D eigenvalue weighted by Crippen LogP contribution is -2.58. The Kier molecular flexibility index (Phi) is 3.15. The molecule has 3 rings (SSSR count). The van der Waals surface area contributed by atoms with Crippen molar-refractivity contribution in [1.29, 1.82) is 0 Å². The smallest absolute Gasteiger partial charge is 0.328 e. The third-order valence-electron chi connectivity index (χ3n) is 3.67. The van der Waals surface area contributed by atoms with Crippen LogP contribution >= 0.6 is 23.2 Å². The number of rotatable bonds is 1. The Bertz CT molecular complexity index is 541. The Morgan fingerprint density at radius 3 is 2.47 bits per heavy atom. The molecule has 3 amide bonds. The van der Waals surface area contributed by atoms with Crippen molar-refractivity contribution in [2.45, 2.75) is 25.3 Å². The third kappa shape index (κ3) is 2.19. The Morgan fingerprint density at radius 1 is 1.11 bits per heavy atom. The molecule has 6 heteroatoms. The second-order valence-corrected chi connectivity index (χ2v) is 5.77. The summed E-state index contributed by atoms with van der Waals surface area (Å²) in [6.07, 6.45) is 2.65. The lowest BCUT2D eigenvalue weighted by molar-refractivity contribution is -0.122. The number of urea groups is 1. The van der Waals surface area contributed by atoms with Crippen molar-refractivity contribution in [1.82, 2.24) is 5.32 Å². The average molecular weight is 299 g/mol. The highest BCUT2D eigenvalue weighted by atomic mass is 35.5. The van der Waals surface area contributed by atoms with Gasteiger partial charge in [0.1, 0.15) is 0 Å². The van der Waals surface area contributed by atoms with Crippen LogP contribution in [0.25, 0.3) is 0 Å². The highest BCUT2D eigenvalue weighted by Crippen LogP contribution is 2.34. The highest BCUT2D eigenvalue weighted by Gasteiger charge is 2.44. The predicted octanol–water partition coefficient (Wildman–Crippen LogP) is 3.22. The maximum absolute atomic E-state index is 12.4. The summed E-state index contributed by atoms with van der Waals surface area (Å²) < 4.78 is 0. The van der Waals surface area contributed by atoms with E-state index < -0.39 is 6.03 Å². The van der Waals surface area contributed by atoms with Crippen molar-refractivity contribution in [3.8, 4) is 0 Å². The molecular formula is C13H12Cl2N2O2. The molecule has 0 spiro atoms. The topological polar surface area (TPSA) is 49.4 Å². The Morgan fingerprint density at radius 2 is 1.79 bits per heavy atom. The molecule has 0 radical (unpaired) electrons. The van der Waals surface area contributed by atoms with Crippen molar-refractivity contribution in [3.63, 3.8) is 0 Å². The fourth-order valence-electron chi connectivity index (χ4n) is 2.83. The van der Waals surface area contributed by atoms with Gasteiger partial charge in [0.05, 0.1) is 11.6 Å². The van der Waals surface area contributed by atoms with Gasteiger partial charge in [-0.05, 0) is 31.0 Å². The van der Waals surface area contributed by atoms with E-state index in [-0.39, 0.29) is 17.9 Å². The van der Waals surface area contributed by atoms with Gasteiger partial charge < -0.3 is 5.32 Å². The molecule has 19 heavy (non-hydrogen) atoms. The molecule has 2 aliphatic rings. The van der Waals surface area contributed by atoms with Crippen LogP contribution in [0.15, 0.2) is 18.2 Å². The molecule has 2 fully saturated rings. The van der Waals surface area contributed by atoms with E-state index in [1.54, 1.807) is 18.2 Å². The van der Waals surface area contributed by atoms with Crippen molar-refractivity contribution in [2.24, 2.45) is 5.92 Å². The maximum Gasteiger partial charge on any atom is 0.328 e. The number of halogens is 2. The Hall–Kier alpha value is -1.26. The van der Waals surface area contributed by atoms with Crippen LogP contribution in [-0.2, 0) is 4.79 Å². The lowest BCUT2D eigenvalue weighted by atomic mass is 9.99. The number of hydrogen-bond donors (Lipinski definition) is 1. The van der Waals surface area contributed by atoms with E-state index in [2.05, 4.69) is 5.32 Å². The molecule has 1 heterocycles. The van der Waals surface area contributed by atoms with Gasteiger partial charge in [-0.25, -0.2) is 9.69 Å². The molecule has 2 unspecified atom stereocenters. The van der Waals surface area contributed by atoms with Crippen molar-refractivity contribution >= 4 is 40.8 Å². The molecule has 0 aromatic heterocycles. The quantitative estimate of drug-likeness (QED) is 0.865. The number of nitrogens with one attached hydrogen (secondary N) is 1. The van der Waals surface area contributed by atoms with Crippen LogP contribution in [0.2, 0.25) is 10.0 Å². The van der Waals surface area contributed by atoms with E-state index in [1.165, 1.54) is 0 Å². The van der Waals surface area contributed by atoms with Crippen LogP contribution in [0.5, 0.6) is 0 Å². The zero-order valence-electron chi connectivity index (χ0n) is 10.0. The molecular weight excluding hydrogens is 287 g/mol. The molecule has 1 aromatic carbocycles. The monoisotopic (exact) mass is 298 g/mol. The molecule has 1 aliphatic heterocycles. The number of carbonyl (C=O) groups is 2. The first-order valence-electron chi connectivity index (χ1n) is 6.17. The summed E-state index contributed by atoms with van der Waals surface area (Å²) in [5.74, 6) is -0.292. The summed E-state index contributed by atoms with van der Waals surface area (Å²) >= 11 is 11.8. The molecule has 2 atom stereocenters. The average Bonchev–Trinajstić information content (AvgIpc) is 2.75. The minimum absolute atomic E-state index is 0.0223. The van der Waals surface area contributed by atoms with Crippen LogP contribution in [0.4, 0.5) is 10.5 Å². The summed E-state index contributed by atoms with van der Waals surface area (Å²) in [5, 5.41) is 3.68. The first-order valence-corrected chi connectivity index (χ1v) is 6.92. The van der Waals surface area contributed by atoms with E-state index in [9.17, 15) is 9.59 Å². The zero-order valence-corrected chi connectivity index (χ0v) is 11.5. The molecule has 1 aliphatic carbocycles. The number of benzene rings is 1. The fourth-order valence-corrected chi connectivity index (χ4v) is 3.34. The number of nitrogens with zero attached hydrogens (tertiary/aromatic N) is 1. The fraction of sp³-hybridized carbons (Fsp3) is 0.385. The first-order chi connectivity index (χ1) is 9.06. The Labute approximate surface area is 120 Å². The molecule has 100 valence electrons. The summed E-state index contributed by atoms with van der Waals surface area (Å²) in [6.45, 7) is 0. The second-order valence-electron chi connectivity index (χ2n) is 4.89. The normalized spacial score (nSPS) is 26.3. The van der Waals surface area contributed by atoms with Crippen LogP contribution in [-0.4, -0.2) is 18.0 Å². The molecule has 0 bridgehead atoms. The van der Waals surface area contributed by atoms with Crippen molar-refractivity contribution < 1.29 is 9.59 Å². The minimum Gasteiger partial charge on any atom is -0.334 e. The van der Waals surface area contributed by atoms with Gasteiger partial charge in [0.25, 0.3) is 0 Å². The molecule has 1 aromatic rings. The standard InChI is InChI=1S/C13H12Cl2N2O2/c14-7-4-8(15)6-9(5-7)17-12(18)10-2-1-3-11(10)16-13(17)19/h4-6,10-11H,1-3H2,(H,16,19). The number of hydrogen-bond acceptors (Lipinski definition) is 2. The van der Waals surface area contributed by atoms with Gasteiger partial charge in [0.2, 0.25) is 5.91 Å². The molecule has 1 saturated heterocycles. The number of carbonyl (C=O) groups excluding carboxylic acids is 2.